The molecule has 0 spiro atoms. The number of nitrogens with two attached hydrogens (primary N) is 2. The van der Waals surface area contributed by atoms with Crippen molar-refractivity contribution in [1.82, 2.24) is 24.8 Å². The Morgan fingerprint density at radius 3 is 2.57 bits per heavy atom. The molecular formula is C29H45ClN8O5P+. The predicted octanol–water partition coefficient (Wildman–Crippen LogP) is 3.24. The quantitative estimate of drug-likeness (QED) is 0.103. The molecule has 2 heterocycles. The van der Waals surface area contributed by atoms with E-state index in [0.29, 0.717) is 25.3 Å². The number of carbonyl (C=O) groups excluding carboxylic acids is 2. The van der Waals surface area contributed by atoms with Crippen LogP contribution in [0.25, 0.3) is 11.0 Å². The fraction of sp³-hybridized carbons (Fsp3) is 0.552. The van der Waals surface area contributed by atoms with Crippen molar-refractivity contribution in [1.29, 1.82) is 0 Å². The van der Waals surface area contributed by atoms with Crippen molar-refractivity contribution in [3.05, 3.63) is 34.9 Å². The number of benzene rings is 1. The lowest BCUT2D eigenvalue weighted by molar-refractivity contribution is -0.676. The van der Waals surface area contributed by atoms with Crippen LogP contribution < -0.4 is 26.1 Å². The average molecular weight is 652 g/mol. The molecule has 0 radical (unpaired) electrons. The molecule has 3 rings (SSSR count). The highest BCUT2D eigenvalue weighted by atomic mass is 35.5. The number of nitrogen functional groups attached to an aromatic ring is 2. The van der Waals surface area contributed by atoms with Crippen molar-refractivity contribution in [3.63, 3.8) is 0 Å². The maximum Gasteiger partial charge on any atom is 0.277 e. The van der Waals surface area contributed by atoms with Gasteiger partial charge in [0.2, 0.25) is 5.91 Å². The summed E-state index contributed by atoms with van der Waals surface area (Å²) in [5.41, 5.74) is 13.0. The average Bonchev–Trinajstić information content (AvgIpc) is 3.23. The molecule has 0 saturated heterocycles. The van der Waals surface area contributed by atoms with Crippen LogP contribution in [-0.4, -0.2) is 75.2 Å². The minimum Gasteiger partial charge on any atom is -0.492 e. The van der Waals surface area contributed by atoms with E-state index in [1.807, 2.05) is 34.3 Å². The first-order valence-corrected chi connectivity index (χ1v) is 18.0. The number of ether oxygens (including phenoxy) is 1. The van der Waals surface area contributed by atoms with Gasteiger partial charge in [-0.05, 0) is 45.7 Å². The second-order valence-corrected chi connectivity index (χ2v) is 15.1. The number of amides is 2. The topological polar surface area (TPSA) is 183 Å². The van der Waals surface area contributed by atoms with Crippen molar-refractivity contribution < 1.29 is 28.6 Å². The molecule has 2 amide bonds. The van der Waals surface area contributed by atoms with E-state index in [4.69, 9.17) is 27.8 Å². The smallest absolute Gasteiger partial charge is 0.277 e. The number of rotatable bonds is 16. The van der Waals surface area contributed by atoms with Gasteiger partial charge in [0.05, 0.1) is 25.5 Å². The van der Waals surface area contributed by atoms with Crippen LogP contribution in [0.1, 0.15) is 62.8 Å². The van der Waals surface area contributed by atoms with Crippen molar-refractivity contribution >= 4 is 53.2 Å². The van der Waals surface area contributed by atoms with Gasteiger partial charge < -0.3 is 36.1 Å². The fourth-order valence-electron chi connectivity index (χ4n) is 4.97. The first-order valence-electron chi connectivity index (χ1n) is 14.8. The van der Waals surface area contributed by atoms with Gasteiger partial charge in [-0.3, -0.25) is 9.59 Å². The van der Waals surface area contributed by atoms with Crippen molar-refractivity contribution in [3.8, 4) is 5.75 Å². The monoisotopic (exact) mass is 651 g/mol. The molecular weight excluding hydrogens is 607 g/mol. The molecule has 15 heteroatoms. The highest BCUT2D eigenvalue weighted by Gasteiger charge is 2.27. The number of aryl methyl sites for hydroxylation is 1. The lowest BCUT2D eigenvalue weighted by Gasteiger charge is -2.24. The van der Waals surface area contributed by atoms with Crippen LogP contribution in [0.2, 0.25) is 5.15 Å². The lowest BCUT2D eigenvalue weighted by atomic mass is 10.2. The highest BCUT2D eigenvalue weighted by Crippen LogP contribution is 2.36. The molecule has 242 valence electrons. The van der Waals surface area contributed by atoms with Crippen LogP contribution in [0.3, 0.4) is 0 Å². The van der Waals surface area contributed by atoms with Gasteiger partial charge >= 0.3 is 0 Å². The maximum atomic E-state index is 13.0. The zero-order chi connectivity index (χ0) is 32.6. The summed E-state index contributed by atoms with van der Waals surface area (Å²) in [6.45, 7) is 10.6. The molecule has 3 aromatic rings. The van der Waals surface area contributed by atoms with Crippen molar-refractivity contribution in [2.45, 2.75) is 72.2 Å². The number of fused-ring (bicyclic) bond motifs is 1. The third-order valence-electron chi connectivity index (χ3n) is 6.93. The second-order valence-electron chi connectivity index (χ2n) is 11.3. The Morgan fingerprint density at radius 1 is 1.20 bits per heavy atom. The van der Waals surface area contributed by atoms with Crippen molar-refractivity contribution in [2.24, 2.45) is 0 Å². The third kappa shape index (κ3) is 9.30. The highest BCUT2D eigenvalue weighted by molar-refractivity contribution is 7.62. The van der Waals surface area contributed by atoms with Gasteiger partial charge in [-0.15, -0.1) is 0 Å². The summed E-state index contributed by atoms with van der Waals surface area (Å²) in [5, 5.41) is 13.0. The van der Waals surface area contributed by atoms with Gasteiger partial charge in [-0.1, -0.05) is 31.4 Å². The van der Waals surface area contributed by atoms with Crippen LogP contribution in [0.5, 0.6) is 5.75 Å². The van der Waals surface area contributed by atoms with Crippen LogP contribution in [0.15, 0.2) is 18.2 Å². The maximum absolute atomic E-state index is 13.0. The van der Waals surface area contributed by atoms with E-state index in [1.54, 1.807) is 25.2 Å². The first kappa shape index (κ1) is 35.1. The predicted molar refractivity (Wildman–Crippen MR) is 172 cm³/mol. The van der Waals surface area contributed by atoms with E-state index < -0.39 is 19.2 Å². The van der Waals surface area contributed by atoms with E-state index in [1.165, 1.54) is 0 Å². The van der Waals surface area contributed by atoms with Gasteiger partial charge in [0.25, 0.3) is 11.7 Å². The van der Waals surface area contributed by atoms with Gasteiger partial charge in [-0.2, -0.15) is 0 Å². The molecule has 1 aromatic carbocycles. The number of carbonyl (C=O) groups is 2. The van der Waals surface area contributed by atoms with Gasteiger partial charge in [0.15, 0.2) is 33.5 Å². The summed E-state index contributed by atoms with van der Waals surface area (Å²) >= 11 is 5.95. The Balaban J connectivity index is 1.84. The summed E-state index contributed by atoms with van der Waals surface area (Å²) in [4.78, 5) is 35.3. The number of aliphatic hydroxyl groups excluding tert-OH is 1. The van der Waals surface area contributed by atoms with Gasteiger partial charge in [0.1, 0.15) is 32.6 Å². The molecule has 6 N–H and O–H groups in total. The molecule has 44 heavy (non-hydrogen) atoms. The molecule has 2 aromatic heterocycles. The molecule has 0 fully saturated rings. The largest absolute Gasteiger partial charge is 0.492 e. The second kappa shape index (κ2) is 15.5. The Morgan fingerprint density at radius 2 is 1.93 bits per heavy atom. The molecule has 0 saturated carbocycles. The number of unbranched alkanes of at least 4 members (excludes halogenated alkanes) is 2. The molecule has 13 nitrogen and oxygen atoms in total. The normalized spacial score (nSPS) is 12.3. The number of imidazole rings is 1. The van der Waals surface area contributed by atoms with E-state index in [2.05, 4.69) is 22.2 Å². The van der Waals surface area contributed by atoms with Crippen LogP contribution >= 0.6 is 18.7 Å². The summed E-state index contributed by atoms with van der Waals surface area (Å²) in [7, 11) is -2.46. The van der Waals surface area contributed by atoms with Crippen molar-refractivity contribution in [2.75, 3.05) is 44.2 Å². The van der Waals surface area contributed by atoms with E-state index >= 15 is 0 Å². The number of aromatic nitrogens is 4. The van der Waals surface area contributed by atoms with Crippen LogP contribution in [0.4, 0.5) is 11.6 Å². The lowest BCUT2D eigenvalue weighted by Crippen LogP contribution is -2.41. The van der Waals surface area contributed by atoms with E-state index in [9.17, 15) is 19.3 Å². The Bertz CT molecular complexity index is 1520. The standard InChI is InChI=1S/C29H44ClN8O5P/c1-6-8-9-10-24(40)36(18-44(4,5)42)13-14-43-20-11-12-21-22(15-20)38(17-19(3)39)23(37(21)7-2)16-33-29(41)25-27(31)35-28(32)26(30)34-25/h11-12,15,19,39H,6-10,13-14,16-18H2,1-5H3,(H4-,31,32,33,35,41)/p+1/t19-/m0/s1. The SMILES string of the molecule is CCCCCC(=O)N(CCOc1ccc2c(c1)n(C[C@H](C)O)c(CNC(=O)c1nc(Cl)c(N)nc1N)[n+]2CC)CP(C)(C)=O. The summed E-state index contributed by atoms with van der Waals surface area (Å²) < 4.78 is 22.6. The number of hydrogen-bond acceptors (Lipinski definition) is 9. The number of anilines is 2. The summed E-state index contributed by atoms with van der Waals surface area (Å²) in [6, 6.07) is 5.63. The Kier molecular flexibility index (Phi) is 12.4. The fourth-order valence-corrected chi connectivity index (χ4v) is 6.22. The van der Waals surface area contributed by atoms with Crippen LogP contribution in [-0.2, 0) is 29.0 Å². The molecule has 0 aliphatic rings. The Hall–Kier alpha value is -3.41. The van der Waals surface area contributed by atoms with E-state index in [-0.39, 0.29) is 54.4 Å². The number of nitrogens with zero attached hydrogens (tertiary/aromatic N) is 5. The van der Waals surface area contributed by atoms with E-state index in [0.717, 1.165) is 36.1 Å². The van der Waals surface area contributed by atoms with Gasteiger partial charge in [0, 0.05) is 12.5 Å². The summed E-state index contributed by atoms with van der Waals surface area (Å²) in [6.07, 6.45) is 2.74. The number of nitrogens with one attached hydrogen (secondary N) is 1. The van der Waals surface area contributed by atoms with Gasteiger partial charge in [-0.25, -0.2) is 19.1 Å². The molecule has 0 unspecified atom stereocenters. The molecule has 1 atom stereocenters. The number of halogens is 1. The molecule has 0 aliphatic heterocycles. The first-order chi connectivity index (χ1) is 20.7. The zero-order valence-corrected chi connectivity index (χ0v) is 27.8. The Labute approximate surface area is 263 Å². The molecule has 0 bridgehead atoms. The van der Waals surface area contributed by atoms with Crippen LogP contribution in [0, 0.1) is 0 Å². The minimum absolute atomic E-state index is 0.0168. The zero-order valence-electron chi connectivity index (χ0n) is 26.2. The minimum atomic E-state index is -2.46. The molecule has 0 aliphatic carbocycles. The summed E-state index contributed by atoms with van der Waals surface area (Å²) in [5.74, 6) is 0.511. The number of aliphatic hydroxyl groups is 1. The number of hydrogen-bond donors (Lipinski definition) is 4. The third-order valence-corrected chi connectivity index (χ3v) is 8.23.